The van der Waals surface area contributed by atoms with Crippen molar-refractivity contribution in [2.75, 3.05) is 0 Å². The summed E-state index contributed by atoms with van der Waals surface area (Å²) in [6, 6.07) is 6.06. The number of rotatable bonds is 3. The van der Waals surface area contributed by atoms with Crippen LogP contribution >= 0.6 is 0 Å². The van der Waals surface area contributed by atoms with Crippen LogP contribution in [0.25, 0.3) is 18.3 Å². The molecule has 35 heavy (non-hydrogen) atoms. The topological polar surface area (TPSA) is 105 Å². The highest BCUT2D eigenvalue weighted by Gasteiger charge is 2.45. The number of carboxylic acid groups (broad SMARTS) is 1. The van der Waals surface area contributed by atoms with Crippen LogP contribution in [0, 0.1) is 0 Å². The highest BCUT2D eigenvalue weighted by Crippen LogP contribution is 2.61. The van der Waals surface area contributed by atoms with Crippen molar-refractivity contribution in [2.45, 2.75) is 63.4 Å². The molecule has 0 spiro atoms. The van der Waals surface area contributed by atoms with Crippen LogP contribution in [0.15, 0.2) is 29.1 Å². The second kappa shape index (κ2) is 7.38. The van der Waals surface area contributed by atoms with E-state index < -0.39 is 5.97 Å². The fourth-order valence-electron chi connectivity index (χ4n) is 6.14. The molecular formula is C28H28N2O5. The van der Waals surface area contributed by atoms with Crippen molar-refractivity contribution >= 4 is 18.6 Å². The molecule has 1 aromatic heterocycles. The van der Waals surface area contributed by atoms with Crippen molar-refractivity contribution in [2.24, 2.45) is 0 Å². The van der Waals surface area contributed by atoms with Gasteiger partial charge < -0.3 is 14.9 Å². The number of benzene rings is 2. The maximum absolute atomic E-state index is 13.4. The van der Waals surface area contributed by atoms with E-state index in [2.05, 4.69) is 25.5 Å². The van der Waals surface area contributed by atoms with Gasteiger partial charge in [-0.2, -0.15) is 0 Å². The molecule has 180 valence electrons. The summed E-state index contributed by atoms with van der Waals surface area (Å²) in [6.07, 6.45) is 6.56. The number of aromatic nitrogens is 2. The average Bonchev–Trinajstić information content (AvgIpc) is 3.51. The molecule has 1 fully saturated rings. The summed E-state index contributed by atoms with van der Waals surface area (Å²) in [5, 5.41) is 24.4. The summed E-state index contributed by atoms with van der Waals surface area (Å²) >= 11 is 0. The van der Waals surface area contributed by atoms with Gasteiger partial charge in [0.05, 0.1) is 21.8 Å². The average molecular weight is 473 g/mol. The van der Waals surface area contributed by atoms with Crippen LogP contribution in [-0.4, -0.2) is 31.6 Å². The molecular weight excluding hydrogens is 444 g/mol. The van der Waals surface area contributed by atoms with Gasteiger partial charge in [-0.1, -0.05) is 6.58 Å². The number of nitrogens with zero attached hydrogens (tertiary/aromatic N) is 1. The molecule has 1 aliphatic heterocycles. The Bertz CT molecular complexity index is 1560. The summed E-state index contributed by atoms with van der Waals surface area (Å²) < 4.78 is 7.87. The molecule has 2 unspecified atom stereocenters. The number of ether oxygens (including phenoxy) is 1. The van der Waals surface area contributed by atoms with Crippen LogP contribution in [0.1, 0.15) is 84.0 Å². The minimum absolute atomic E-state index is 0.141. The Morgan fingerprint density at radius 2 is 1.89 bits per heavy atom. The molecule has 0 radical (unpaired) electrons. The lowest BCUT2D eigenvalue weighted by Gasteiger charge is -2.36. The number of aromatic carboxylic acids is 1. The Hall–Kier alpha value is -3.74. The number of phenolic OH excluding ortho intramolecular Hbond substituents is 1. The molecule has 3 N–H and O–H groups in total. The fourth-order valence-corrected chi connectivity index (χ4v) is 6.14. The molecule has 1 saturated carbocycles. The number of fused-ring (bicyclic) bond motifs is 7. The molecule has 6 rings (SSSR count). The van der Waals surface area contributed by atoms with Gasteiger partial charge in [0.25, 0.3) is 5.56 Å². The van der Waals surface area contributed by atoms with Crippen molar-refractivity contribution < 1.29 is 19.7 Å². The number of nitrogens with one attached hydrogen (secondary N) is 1. The number of aromatic hydroxyl groups is 1. The van der Waals surface area contributed by atoms with E-state index in [4.69, 9.17) is 9.84 Å². The van der Waals surface area contributed by atoms with Crippen molar-refractivity contribution in [3.63, 3.8) is 0 Å². The second-order valence-corrected chi connectivity index (χ2v) is 10.6. The summed E-state index contributed by atoms with van der Waals surface area (Å²) in [4.78, 5) is 24.6. The summed E-state index contributed by atoms with van der Waals surface area (Å²) in [5.41, 5.74) is 3.84. The Kier molecular flexibility index (Phi) is 4.59. The third-order valence-electron chi connectivity index (χ3n) is 7.92. The monoisotopic (exact) mass is 472 g/mol. The van der Waals surface area contributed by atoms with Gasteiger partial charge in [0.15, 0.2) is 0 Å². The number of phenols is 1. The molecule has 0 amide bonds. The number of H-pyrrole nitrogens is 1. The lowest BCUT2D eigenvalue weighted by molar-refractivity contribution is 0.0696. The predicted octanol–water partition coefficient (Wildman–Crippen LogP) is 3.28. The lowest BCUT2D eigenvalue weighted by Crippen LogP contribution is -2.35. The SMILES string of the molecule is C=c1[nH]n(-c2ccc(C(=O)O)cc2)c(=O)c1=Cc1c(O)c2c(c3c1CCC(C)(C)O3)C1CCC2C1. The molecule has 2 bridgehead atoms. The van der Waals surface area contributed by atoms with Crippen LogP contribution in [0.5, 0.6) is 11.5 Å². The summed E-state index contributed by atoms with van der Waals surface area (Å²) in [5.74, 6) is 0.901. The third kappa shape index (κ3) is 3.25. The minimum Gasteiger partial charge on any atom is -0.507 e. The van der Waals surface area contributed by atoms with E-state index in [-0.39, 0.29) is 22.5 Å². The first kappa shape index (κ1) is 21.8. The highest BCUT2D eigenvalue weighted by molar-refractivity contribution is 5.87. The predicted molar refractivity (Wildman–Crippen MR) is 132 cm³/mol. The second-order valence-electron chi connectivity index (χ2n) is 10.6. The molecule has 7 heteroatoms. The van der Waals surface area contributed by atoms with Gasteiger partial charge in [-0.15, -0.1) is 0 Å². The summed E-state index contributed by atoms with van der Waals surface area (Å²) in [7, 11) is 0. The number of carbonyl (C=O) groups is 1. The number of carboxylic acids is 1. The molecule has 2 aromatic carbocycles. The van der Waals surface area contributed by atoms with Crippen LogP contribution in [-0.2, 0) is 6.42 Å². The zero-order valence-corrected chi connectivity index (χ0v) is 19.9. The van der Waals surface area contributed by atoms with Crippen LogP contribution < -0.4 is 20.9 Å². The van der Waals surface area contributed by atoms with E-state index in [1.165, 1.54) is 22.4 Å². The Morgan fingerprint density at radius 1 is 1.20 bits per heavy atom. The number of hydrogen-bond acceptors (Lipinski definition) is 4. The number of hydrogen-bond donors (Lipinski definition) is 3. The van der Waals surface area contributed by atoms with Crippen LogP contribution in [0.2, 0.25) is 0 Å². The Morgan fingerprint density at radius 3 is 2.57 bits per heavy atom. The van der Waals surface area contributed by atoms with Gasteiger partial charge in [-0.3, -0.25) is 9.89 Å². The highest BCUT2D eigenvalue weighted by atomic mass is 16.5. The third-order valence-corrected chi connectivity index (χ3v) is 7.92. The van der Waals surface area contributed by atoms with Gasteiger partial charge in [0.1, 0.15) is 17.1 Å². The van der Waals surface area contributed by atoms with Crippen LogP contribution in [0.4, 0.5) is 0 Å². The zero-order valence-electron chi connectivity index (χ0n) is 19.9. The molecule has 7 nitrogen and oxygen atoms in total. The molecule has 3 aromatic rings. The maximum atomic E-state index is 13.4. The van der Waals surface area contributed by atoms with Crippen molar-refractivity contribution in [3.05, 3.63) is 73.0 Å². The van der Waals surface area contributed by atoms with E-state index in [0.717, 1.165) is 49.0 Å². The first-order chi connectivity index (χ1) is 16.6. The maximum Gasteiger partial charge on any atom is 0.335 e. The van der Waals surface area contributed by atoms with Crippen molar-refractivity contribution in [3.8, 4) is 17.2 Å². The number of aromatic amines is 1. The zero-order chi connectivity index (χ0) is 24.6. The lowest BCUT2D eigenvalue weighted by atomic mass is 9.82. The largest absolute Gasteiger partial charge is 0.507 e. The standard InChI is InChI=1S/C28H28N2O5/c1-14-20(26(32)30(29-14)18-8-6-15(7-9-18)27(33)34)13-21-19-10-11-28(2,3)35-25(19)23-17-5-4-16(12-17)22(23)24(21)31/h6-9,13,16-17,29,31H,1,4-5,10-12H2,2-3H3,(H,33,34). The van der Waals surface area contributed by atoms with Gasteiger partial charge in [0.2, 0.25) is 0 Å². The first-order valence-corrected chi connectivity index (χ1v) is 12.1. The van der Waals surface area contributed by atoms with Gasteiger partial charge >= 0.3 is 5.97 Å². The fraction of sp³-hybridized carbons (Fsp3) is 0.357. The van der Waals surface area contributed by atoms with E-state index in [0.29, 0.717) is 33.7 Å². The van der Waals surface area contributed by atoms with E-state index in [1.54, 1.807) is 18.2 Å². The van der Waals surface area contributed by atoms with E-state index in [1.807, 2.05) is 0 Å². The molecule has 2 aliphatic carbocycles. The molecule has 0 saturated heterocycles. The smallest absolute Gasteiger partial charge is 0.335 e. The van der Waals surface area contributed by atoms with E-state index in [9.17, 15) is 14.7 Å². The molecule has 2 atom stereocenters. The van der Waals surface area contributed by atoms with Crippen molar-refractivity contribution in [1.82, 2.24) is 9.78 Å². The van der Waals surface area contributed by atoms with Gasteiger partial charge in [-0.25, -0.2) is 9.48 Å². The normalized spacial score (nSPS) is 22.1. The van der Waals surface area contributed by atoms with Gasteiger partial charge in [0, 0.05) is 22.3 Å². The first-order valence-electron chi connectivity index (χ1n) is 12.1. The van der Waals surface area contributed by atoms with Crippen molar-refractivity contribution in [1.29, 1.82) is 0 Å². The quantitative estimate of drug-likeness (QED) is 0.543. The van der Waals surface area contributed by atoms with E-state index >= 15 is 0 Å². The molecule has 2 heterocycles. The van der Waals surface area contributed by atoms with Gasteiger partial charge in [-0.05, 0) is 88.1 Å². The Labute approximate surface area is 202 Å². The minimum atomic E-state index is -1.03. The summed E-state index contributed by atoms with van der Waals surface area (Å²) in [6.45, 7) is 8.23. The van der Waals surface area contributed by atoms with Crippen LogP contribution in [0.3, 0.4) is 0 Å². The Balaban J connectivity index is 1.55. The molecule has 3 aliphatic rings.